The highest BCUT2D eigenvalue weighted by Gasteiger charge is 2.34. The third-order valence-electron chi connectivity index (χ3n) is 5.84. The van der Waals surface area contributed by atoms with Gasteiger partial charge in [0, 0.05) is 15.7 Å². The fourth-order valence-electron chi connectivity index (χ4n) is 4.18. The first-order valence-corrected chi connectivity index (χ1v) is 13.3. The molecule has 0 saturated heterocycles. The van der Waals surface area contributed by atoms with Gasteiger partial charge in [-0.3, -0.25) is 10.1 Å². The van der Waals surface area contributed by atoms with E-state index in [1.54, 1.807) is 35.6 Å². The largest absolute Gasteiger partial charge is 0.323 e. The van der Waals surface area contributed by atoms with E-state index in [1.807, 2.05) is 42.1 Å². The SMILES string of the molecule is N#Cc1c(NC(=S)NC(=O)c2ccccc2)sc2c1C[C@H](c1ccccc1)S[C@@H]2c1ccccc1. The van der Waals surface area contributed by atoms with Gasteiger partial charge in [0.15, 0.2) is 5.11 Å². The summed E-state index contributed by atoms with van der Waals surface area (Å²) in [5, 5.41) is 17.2. The summed E-state index contributed by atoms with van der Waals surface area (Å²) in [6.07, 6.45) is 0.761. The lowest BCUT2D eigenvalue weighted by molar-refractivity contribution is 0.0977. The number of fused-ring (bicyclic) bond motifs is 1. The molecule has 0 spiro atoms. The lowest BCUT2D eigenvalue weighted by Gasteiger charge is -2.29. The van der Waals surface area contributed by atoms with Crippen molar-refractivity contribution in [1.29, 1.82) is 5.26 Å². The molecule has 4 aromatic rings. The number of nitrogens with one attached hydrogen (secondary N) is 2. The fourth-order valence-corrected chi connectivity index (χ4v) is 7.44. The molecule has 172 valence electrons. The first kappa shape index (κ1) is 23.3. The van der Waals surface area contributed by atoms with Crippen molar-refractivity contribution in [1.82, 2.24) is 5.32 Å². The maximum atomic E-state index is 12.5. The second-order valence-corrected chi connectivity index (χ2v) is 10.8. The number of carbonyl (C=O) groups excluding carboxylic acids is 1. The zero-order valence-corrected chi connectivity index (χ0v) is 21.1. The highest BCUT2D eigenvalue weighted by atomic mass is 32.2. The Kier molecular flexibility index (Phi) is 6.96. The van der Waals surface area contributed by atoms with E-state index in [0.717, 1.165) is 16.9 Å². The number of thiophene rings is 1. The zero-order valence-electron chi connectivity index (χ0n) is 18.6. The van der Waals surface area contributed by atoms with Gasteiger partial charge in [-0.15, -0.1) is 23.1 Å². The van der Waals surface area contributed by atoms with Gasteiger partial charge in [0.1, 0.15) is 11.1 Å². The van der Waals surface area contributed by atoms with Crippen LogP contribution in [-0.2, 0) is 6.42 Å². The molecule has 1 aromatic heterocycles. The summed E-state index contributed by atoms with van der Waals surface area (Å²) >= 11 is 8.89. The summed E-state index contributed by atoms with van der Waals surface area (Å²) < 4.78 is 0. The minimum atomic E-state index is -0.287. The van der Waals surface area contributed by atoms with Gasteiger partial charge >= 0.3 is 0 Å². The molecule has 35 heavy (non-hydrogen) atoms. The molecule has 2 N–H and O–H groups in total. The number of thioether (sulfide) groups is 1. The van der Waals surface area contributed by atoms with E-state index in [2.05, 4.69) is 53.1 Å². The Balaban J connectivity index is 1.47. The van der Waals surface area contributed by atoms with Crippen molar-refractivity contribution in [3.8, 4) is 6.07 Å². The highest BCUT2D eigenvalue weighted by Crippen LogP contribution is 2.55. The number of rotatable bonds is 4. The minimum Gasteiger partial charge on any atom is -0.323 e. The first-order chi connectivity index (χ1) is 17.1. The number of anilines is 1. The van der Waals surface area contributed by atoms with Gasteiger partial charge in [0.25, 0.3) is 5.91 Å². The Morgan fingerprint density at radius 2 is 1.51 bits per heavy atom. The zero-order chi connectivity index (χ0) is 24.2. The van der Waals surface area contributed by atoms with Crippen LogP contribution in [0.5, 0.6) is 0 Å². The average Bonchev–Trinajstić information content (AvgIpc) is 3.26. The Hall–Kier alpha value is -3.44. The molecule has 2 heterocycles. The Labute approximate surface area is 218 Å². The molecular formula is C28H21N3OS3. The average molecular weight is 512 g/mol. The minimum absolute atomic E-state index is 0.102. The predicted molar refractivity (Wildman–Crippen MR) is 148 cm³/mol. The lowest BCUT2D eigenvalue weighted by Crippen LogP contribution is -2.34. The van der Waals surface area contributed by atoms with Gasteiger partial charge < -0.3 is 5.32 Å². The second kappa shape index (κ2) is 10.4. The van der Waals surface area contributed by atoms with Crippen molar-refractivity contribution in [2.24, 2.45) is 0 Å². The molecule has 7 heteroatoms. The molecule has 0 radical (unpaired) electrons. The Morgan fingerprint density at radius 3 is 2.14 bits per heavy atom. The number of benzene rings is 3. The summed E-state index contributed by atoms with van der Waals surface area (Å²) in [4.78, 5) is 13.7. The number of amides is 1. The monoisotopic (exact) mass is 511 g/mol. The molecule has 5 rings (SSSR count). The van der Waals surface area contributed by atoms with E-state index >= 15 is 0 Å². The van der Waals surface area contributed by atoms with Crippen LogP contribution in [-0.4, -0.2) is 11.0 Å². The van der Waals surface area contributed by atoms with Gasteiger partial charge in [0.05, 0.1) is 10.8 Å². The Bertz CT molecular complexity index is 1400. The molecule has 1 amide bonds. The van der Waals surface area contributed by atoms with Crippen LogP contribution in [0.15, 0.2) is 91.0 Å². The second-order valence-electron chi connectivity index (χ2n) is 8.07. The molecule has 1 aliphatic heterocycles. The van der Waals surface area contributed by atoms with Crippen LogP contribution < -0.4 is 10.6 Å². The maximum absolute atomic E-state index is 12.5. The molecule has 1 aliphatic rings. The van der Waals surface area contributed by atoms with Crippen LogP contribution in [0.2, 0.25) is 0 Å². The number of nitrogens with zero attached hydrogens (tertiary/aromatic N) is 1. The van der Waals surface area contributed by atoms with Crippen LogP contribution in [0, 0.1) is 11.3 Å². The van der Waals surface area contributed by atoms with E-state index in [0.29, 0.717) is 16.1 Å². The van der Waals surface area contributed by atoms with Gasteiger partial charge in [0.2, 0.25) is 0 Å². The molecule has 0 saturated carbocycles. The summed E-state index contributed by atoms with van der Waals surface area (Å²) in [7, 11) is 0. The van der Waals surface area contributed by atoms with Crippen molar-refractivity contribution < 1.29 is 4.79 Å². The topological polar surface area (TPSA) is 64.9 Å². The third-order valence-corrected chi connectivity index (χ3v) is 8.95. The number of carbonyl (C=O) groups is 1. The number of nitriles is 1. The van der Waals surface area contributed by atoms with Crippen molar-refractivity contribution in [2.45, 2.75) is 16.9 Å². The number of hydrogen-bond donors (Lipinski definition) is 2. The molecule has 3 aromatic carbocycles. The molecule has 0 aliphatic carbocycles. The molecule has 0 bridgehead atoms. The van der Waals surface area contributed by atoms with Crippen LogP contribution in [0.3, 0.4) is 0 Å². The molecule has 2 atom stereocenters. The van der Waals surface area contributed by atoms with Crippen molar-refractivity contribution >= 4 is 51.3 Å². The summed E-state index contributed by atoms with van der Waals surface area (Å²) in [6.45, 7) is 0. The molecule has 4 nitrogen and oxygen atoms in total. The number of thiocarbonyl (C=S) groups is 1. The molecule has 0 unspecified atom stereocenters. The normalized spacial score (nSPS) is 16.5. The first-order valence-electron chi connectivity index (χ1n) is 11.1. The van der Waals surface area contributed by atoms with Crippen molar-refractivity contribution in [3.05, 3.63) is 124 Å². The number of hydrogen-bond acceptors (Lipinski definition) is 5. The molecular weight excluding hydrogens is 491 g/mol. The van der Waals surface area contributed by atoms with E-state index in [4.69, 9.17) is 12.2 Å². The fraction of sp³-hybridized carbons (Fsp3) is 0.107. The standard InChI is InChI=1S/C28H21N3OS3/c29-17-22-21-16-23(18-10-4-1-5-11-18)34-24(19-12-6-2-7-13-19)25(21)35-27(22)31-28(33)30-26(32)20-14-8-3-9-15-20/h1-15,23-24H,16H2,(H2,30,31,32,33)/t23-,24-/m1/s1. The lowest BCUT2D eigenvalue weighted by atomic mass is 9.97. The summed E-state index contributed by atoms with van der Waals surface area (Å²) in [6, 6.07) is 32.2. The Morgan fingerprint density at radius 1 is 0.914 bits per heavy atom. The van der Waals surface area contributed by atoms with Crippen molar-refractivity contribution in [3.63, 3.8) is 0 Å². The quantitative estimate of drug-likeness (QED) is 0.293. The highest BCUT2D eigenvalue weighted by molar-refractivity contribution is 8.00. The van der Waals surface area contributed by atoms with Crippen LogP contribution in [0.25, 0.3) is 0 Å². The predicted octanol–water partition coefficient (Wildman–Crippen LogP) is 6.87. The third kappa shape index (κ3) is 5.01. The van der Waals surface area contributed by atoms with Crippen LogP contribution >= 0.6 is 35.3 Å². The van der Waals surface area contributed by atoms with E-state index in [1.165, 1.54) is 11.1 Å². The van der Waals surface area contributed by atoms with E-state index in [-0.39, 0.29) is 21.5 Å². The van der Waals surface area contributed by atoms with Gasteiger partial charge in [-0.05, 0) is 47.5 Å². The van der Waals surface area contributed by atoms with Gasteiger partial charge in [-0.2, -0.15) is 5.26 Å². The maximum Gasteiger partial charge on any atom is 0.257 e. The van der Waals surface area contributed by atoms with Gasteiger partial charge in [-0.1, -0.05) is 78.9 Å². The smallest absolute Gasteiger partial charge is 0.257 e. The van der Waals surface area contributed by atoms with E-state index < -0.39 is 0 Å². The molecule has 0 fully saturated rings. The van der Waals surface area contributed by atoms with Crippen LogP contribution in [0.1, 0.15) is 48.0 Å². The summed E-state index contributed by atoms with van der Waals surface area (Å²) in [5.41, 5.74) is 4.63. The van der Waals surface area contributed by atoms with Crippen molar-refractivity contribution in [2.75, 3.05) is 5.32 Å². The van der Waals surface area contributed by atoms with E-state index in [9.17, 15) is 10.1 Å². The summed E-state index contributed by atoms with van der Waals surface area (Å²) in [5.74, 6) is -0.287. The van der Waals surface area contributed by atoms with Crippen LogP contribution in [0.4, 0.5) is 5.00 Å². The van der Waals surface area contributed by atoms with Gasteiger partial charge in [-0.25, -0.2) is 0 Å².